The molecule has 0 aromatic heterocycles. The van der Waals surface area contributed by atoms with Crippen molar-refractivity contribution in [1.29, 1.82) is 0 Å². The van der Waals surface area contributed by atoms with Crippen LogP contribution in [0.25, 0.3) is 0 Å². The lowest BCUT2D eigenvalue weighted by atomic mass is 9.90. The first-order valence-electron chi connectivity index (χ1n) is 22.2. The Morgan fingerprint density at radius 3 is 1.31 bits per heavy atom. The number of Topliss-reactive ketones (excluding diaryl/α,β-unsaturated/α-hetero) is 2. The molecule has 0 saturated carbocycles. The highest BCUT2D eigenvalue weighted by molar-refractivity contribution is 7.99. The van der Waals surface area contributed by atoms with E-state index >= 15 is 0 Å². The Labute approximate surface area is 404 Å². The van der Waals surface area contributed by atoms with Crippen LogP contribution in [0.15, 0.2) is 74.5 Å². The van der Waals surface area contributed by atoms with Gasteiger partial charge in [0.1, 0.15) is 11.4 Å². The summed E-state index contributed by atoms with van der Waals surface area (Å²) in [5.74, 6) is 0.0546. The van der Waals surface area contributed by atoms with Crippen molar-refractivity contribution in [3.63, 3.8) is 0 Å². The predicted molar refractivity (Wildman–Crippen MR) is 284 cm³/mol. The fourth-order valence-electron chi connectivity index (χ4n) is 6.61. The minimum absolute atomic E-state index is 0.00996. The molecule has 4 rings (SSSR count). The van der Waals surface area contributed by atoms with Crippen LogP contribution < -0.4 is 37.2 Å². The highest BCUT2D eigenvalue weighted by atomic mass is 32.2. The summed E-state index contributed by atoms with van der Waals surface area (Å²) >= 11 is 11.2. The summed E-state index contributed by atoms with van der Waals surface area (Å²) in [5.41, 5.74) is 3.54. The lowest BCUT2D eigenvalue weighted by Gasteiger charge is -2.31. The van der Waals surface area contributed by atoms with Gasteiger partial charge in [-0.15, -0.1) is 48.8 Å². The standard InChI is InChI=1S/C13H21NO2S.C13H21NOS.C12H19NO2S.C12H19NOS/c1-13(2,3)7-6-8-14(4)9-10(15)11(16)12(9)17-5;1-9-11(15)10(12(9)16)14(5)8-6-7-13(2,3)4;1-12(2,3)6-5-7-13-8-9(14)10(15)11(8)16-4;1-8-10(14)9(11(8)15)13-7-5-6-12(2,3)4/h6-8H2,1-5H3;16H,1,6-8H2,2-5H3;13H,5-7H2,1-4H3;13,15H,1,5-7H2,2-4H3. The van der Waals surface area contributed by atoms with Gasteiger partial charge in [0.05, 0.1) is 21.2 Å². The minimum Gasteiger partial charge on any atom is -0.381 e. The van der Waals surface area contributed by atoms with Crippen molar-refractivity contribution in [2.24, 2.45) is 21.7 Å². The number of allylic oxidation sites excluding steroid dienone is 4. The van der Waals surface area contributed by atoms with Gasteiger partial charge in [0.15, 0.2) is 0 Å². The van der Waals surface area contributed by atoms with Crippen molar-refractivity contribution in [2.45, 2.75) is 144 Å². The topological polar surface area (TPSA) is 133 Å². The number of rotatable bonds is 18. The number of ketones is 2. The monoisotopic (exact) mass is 960 g/mol. The van der Waals surface area contributed by atoms with E-state index < -0.39 is 0 Å². The molecule has 0 radical (unpaired) electrons. The summed E-state index contributed by atoms with van der Waals surface area (Å²) < 4.78 is 0. The lowest BCUT2D eigenvalue weighted by Crippen LogP contribution is -2.40. The first-order chi connectivity index (χ1) is 29.2. The van der Waals surface area contributed by atoms with Gasteiger partial charge < -0.3 is 20.4 Å². The highest BCUT2D eigenvalue weighted by Gasteiger charge is 2.32. The van der Waals surface area contributed by atoms with Gasteiger partial charge in [-0.3, -0.25) is 28.8 Å². The number of anilines is 2. The second-order valence-corrected chi connectivity index (χ2v) is 24.0. The molecule has 0 saturated heterocycles. The number of carbonyl (C=O) groups excluding carboxylic acids is 2. The molecule has 2 aromatic rings. The van der Waals surface area contributed by atoms with Crippen molar-refractivity contribution in [1.82, 2.24) is 10.2 Å². The van der Waals surface area contributed by atoms with E-state index in [1.54, 1.807) is 0 Å². The smallest absolute Gasteiger partial charge is 0.251 e. The zero-order chi connectivity index (χ0) is 49.7. The number of thioether (sulfide) groups is 2. The van der Waals surface area contributed by atoms with Gasteiger partial charge in [-0.2, -0.15) is 0 Å². The van der Waals surface area contributed by atoms with E-state index in [1.165, 1.54) is 23.5 Å². The zero-order valence-electron chi connectivity index (χ0n) is 42.0. The van der Waals surface area contributed by atoms with E-state index in [0.717, 1.165) is 93.1 Å². The van der Waals surface area contributed by atoms with Crippen molar-refractivity contribution >= 4 is 71.7 Å². The quantitative estimate of drug-likeness (QED) is 0.0373. The molecule has 0 aliphatic heterocycles. The molecular formula is C50H80N4O6S4. The zero-order valence-corrected chi connectivity index (χ0v) is 45.4. The Morgan fingerprint density at radius 2 is 0.906 bits per heavy atom. The van der Waals surface area contributed by atoms with Crippen LogP contribution in [-0.2, 0) is 9.59 Å². The van der Waals surface area contributed by atoms with E-state index in [1.807, 2.05) is 36.4 Å². The van der Waals surface area contributed by atoms with Gasteiger partial charge in [0, 0.05) is 61.2 Å². The van der Waals surface area contributed by atoms with E-state index in [2.05, 4.69) is 132 Å². The molecule has 64 heavy (non-hydrogen) atoms. The number of thiol groups is 2. The molecule has 2 aliphatic rings. The molecule has 0 amide bonds. The Bertz CT molecular complexity index is 2160. The largest absolute Gasteiger partial charge is 0.381 e. The molecule has 0 fully saturated rings. The maximum atomic E-state index is 11.5. The van der Waals surface area contributed by atoms with Crippen molar-refractivity contribution in [3.8, 4) is 0 Å². The number of nitrogens with one attached hydrogen (secondary N) is 2. The number of carbonyl (C=O) groups is 2. The molecule has 0 heterocycles. The molecule has 0 bridgehead atoms. The highest BCUT2D eigenvalue weighted by Crippen LogP contribution is 2.34. The molecule has 360 valence electrons. The molecule has 2 aliphatic carbocycles. The van der Waals surface area contributed by atoms with E-state index in [0.29, 0.717) is 59.7 Å². The molecule has 0 spiro atoms. The summed E-state index contributed by atoms with van der Waals surface area (Å²) in [6.07, 6.45) is 12.4. The van der Waals surface area contributed by atoms with Crippen LogP contribution in [-0.4, -0.2) is 69.3 Å². The van der Waals surface area contributed by atoms with Gasteiger partial charge in [-0.05, 0) is 85.5 Å². The van der Waals surface area contributed by atoms with Crippen LogP contribution in [0.1, 0.15) is 134 Å². The SMILES string of the molecule is C=C1C(=O)C(N(C)CCCC(C)(C)C)=C1S.C=C1C(=O)C(NCCCC(C)(C)C)=C1S.CSc1c(N(C)CCCC(C)(C)C)c(=O)c1=O.CSc1c(NCCCC(C)(C)C)c(=O)c1=O. The van der Waals surface area contributed by atoms with Gasteiger partial charge in [-0.25, -0.2) is 0 Å². The lowest BCUT2D eigenvalue weighted by molar-refractivity contribution is -0.114. The van der Waals surface area contributed by atoms with Crippen LogP contribution in [0.2, 0.25) is 0 Å². The Hall–Kier alpha value is -2.94. The Kier molecular flexibility index (Phi) is 23.3. The molecular weight excluding hydrogens is 881 g/mol. The number of hydrogen-bond acceptors (Lipinski definition) is 14. The molecule has 10 nitrogen and oxygen atoms in total. The maximum absolute atomic E-state index is 11.5. The number of likely N-dealkylation sites (N-methyl/N-ethyl adjacent to an activating group) is 1. The summed E-state index contributed by atoms with van der Waals surface area (Å²) in [6.45, 7) is 37.1. The van der Waals surface area contributed by atoms with Gasteiger partial charge in [-0.1, -0.05) is 96.2 Å². The summed E-state index contributed by atoms with van der Waals surface area (Å²) in [7, 11) is 3.83. The average molecular weight is 961 g/mol. The molecule has 14 heteroatoms. The first-order valence-corrected chi connectivity index (χ1v) is 25.5. The van der Waals surface area contributed by atoms with Crippen molar-refractivity contribution < 1.29 is 9.59 Å². The van der Waals surface area contributed by atoms with Gasteiger partial charge in [0.2, 0.25) is 22.4 Å². The van der Waals surface area contributed by atoms with Crippen LogP contribution in [0.3, 0.4) is 0 Å². The summed E-state index contributed by atoms with van der Waals surface area (Å²) in [6, 6.07) is 0. The third kappa shape index (κ3) is 18.7. The maximum Gasteiger partial charge on any atom is 0.251 e. The van der Waals surface area contributed by atoms with Gasteiger partial charge >= 0.3 is 0 Å². The third-order valence-electron chi connectivity index (χ3n) is 10.6. The van der Waals surface area contributed by atoms with Crippen molar-refractivity contribution in [3.05, 3.63) is 86.4 Å². The molecule has 0 unspecified atom stereocenters. The third-order valence-corrected chi connectivity index (χ3v) is 13.1. The molecule has 2 aromatic carbocycles. The second kappa shape index (κ2) is 25.3. The minimum atomic E-state index is -0.361. The number of hydrogen-bond donors (Lipinski definition) is 4. The summed E-state index contributed by atoms with van der Waals surface area (Å²) in [5, 5.41) is 6.18. The Morgan fingerprint density at radius 1 is 0.516 bits per heavy atom. The van der Waals surface area contributed by atoms with E-state index in [4.69, 9.17) is 0 Å². The predicted octanol–water partition coefficient (Wildman–Crippen LogP) is 10.2. The van der Waals surface area contributed by atoms with Gasteiger partial charge in [0.25, 0.3) is 10.9 Å². The number of nitrogens with zero attached hydrogens (tertiary/aromatic N) is 2. The second-order valence-electron chi connectivity index (χ2n) is 21.5. The van der Waals surface area contributed by atoms with E-state index in [9.17, 15) is 28.8 Å². The van der Waals surface area contributed by atoms with Crippen LogP contribution in [0, 0.1) is 21.7 Å². The molecule has 0 atom stereocenters. The van der Waals surface area contributed by atoms with E-state index in [-0.39, 0.29) is 33.3 Å². The Balaban J connectivity index is 0.000000427. The molecule has 2 N–H and O–H groups in total. The first kappa shape index (κ1) is 59.1. The fraction of sp³-hybridized carbons (Fsp3) is 0.640. The summed E-state index contributed by atoms with van der Waals surface area (Å²) in [4.78, 5) is 74.5. The fourth-order valence-corrected chi connectivity index (χ4v) is 8.64. The van der Waals surface area contributed by atoms with Crippen LogP contribution in [0.5, 0.6) is 0 Å². The van der Waals surface area contributed by atoms with Crippen LogP contribution in [0.4, 0.5) is 11.4 Å². The average Bonchev–Trinajstić information content (AvgIpc) is 3.18. The normalized spacial score (nSPS) is 14.3. The van der Waals surface area contributed by atoms with Crippen LogP contribution >= 0.6 is 48.8 Å². The van der Waals surface area contributed by atoms with Crippen molar-refractivity contribution in [2.75, 3.05) is 63.0 Å².